The van der Waals surface area contributed by atoms with Crippen molar-refractivity contribution < 1.29 is 4.79 Å². The molecular formula is C22H23N3O. The van der Waals surface area contributed by atoms with Crippen molar-refractivity contribution in [2.75, 3.05) is 7.05 Å². The molecular weight excluding hydrogens is 322 g/mol. The molecule has 26 heavy (non-hydrogen) atoms. The van der Waals surface area contributed by atoms with Crippen LogP contribution in [0.1, 0.15) is 34.7 Å². The molecule has 0 saturated heterocycles. The van der Waals surface area contributed by atoms with E-state index in [1.54, 1.807) is 23.5 Å². The first-order chi connectivity index (χ1) is 12.6. The van der Waals surface area contributed by atoms with Crippen LogP contribution in [0.15, 0.2) is 73.2 Å². The summed E-state index contributed by atoms with van der Waals surface area (Å²) in [6.45, 7) is 2.56. The molecule has 2 aromatic carbocycles. The van der Waals surface area contributed by atoms with Gasteiger partial charge in [0.15, 0.2) is 0 Å². The van der Waals surface area contributed by atoms with Crippen LogP contribution in [0, 0.1) is 6.92 Å². The zero-order valence-electron chi connectivity index (χ0n) is 15.2. The van der Waals surface area contributed by atoms with Gasteiger partial charge in [0.25, 0.3) is 0 Å². The summed E-state index contributed by atoms with van der Waals surface area (Å²) in [5, 5.41) is 0. The van der Waals surface area contributed by atoms with Crippen LogP contribution < -0.4 is 0 Å². The van der Waals surface area contributed by atoms with Gasteiger partial charge in [0.1, 0.15) is 0 Å². The fraction of sp³-hybridized carbons (Fsp3) is 0.227. The van der Waals surface area contributed by atoms with Crippen LogP contribution in [0.3, 0.4) is 0 Å². The number of amides is 1. The van der Waals surface area contributed by atoms with Crippen molar-refractivity contribution in [2.24, 2.45) is 0 Å². The first-order valence-corrected chi connectivity index (χ1v) is 8.74. The van der Waals surface area contributed by atoms with Crippen LogP contribution in [-0.2, 0) is 11.3 Å². The largest absolute Gasteiger partial charge is 0.340 e. The number of carbonyl (C=O) groups excluding carboxylic acids is 1. The lowest BCUT2D eigenvalue weighted by Crippen LogP contribution is -2.28. The molecule has 1 heterocycles. The van der Waals surface area contributed by atoms with Gasteiger partial charge < -0.3 is 4.90 Å². The van der Waals surface area contributed by atoms with Gasteiger partial charge in [-0.3, -0.25) is 14.8 Å². The van der Waals surface area contributed by atoms with Crippen molar-refractivity contribution in [2.45, 2.75) is 25.8 Å². The molecule has 0 aliphatic rings. The van der Waals surface area contributed by atoms with Crippen LogP contribution in [0.5, 0.6) is 0 Å². The molecule has 0 aliphatic heterocycles. The Labute approximate surface area is 154 Å². The fourth-order valence-corrected chi connectivity index (χ4v) is 3.14. The lowest BCUT2D eigenvalue weighted by Gasteiger charge is -2.23. The van der Waals surface area contributed by atoms with Crippen molar-refractivity contribution in [3.8, 4) is 0 Å². The van der Waals surface area contributed by atoms with E-state index >= 15 is 0 Å². The minimum atomic E-state index is 0.0363. The molecule has 0 N–H and O–H groups in total. The van der Waals surface area contributed by atoms with Crippen molar-refractivity contribution in [1.29, 1.82) is 0 Å². The number of aryl methyl sites for hydroxylation is 1. The van der Waals surface area contributed by atoms with E-state index in [1.165, 1.54) is 11.1 Å². The minimum absolute atomic E-state index is 0.0363. The van der Waals surface area contributed by atoms with Crippen LogP contribution in [0.25, 0.3) is 0 Å². The molecule has 1 atom stereocenters. The predicted molar refractivity (Wildman–Crippen MR) is 103 cm³/mol. The van der Waals surface area contributed by atoms with Gasteiger partial charge in [-0.05, 0) is 23.6 Å². The van der Waals surface area contributed by atoms with Gasteiger partial charge in [0.2, 0.25) is 5.91 Å². The third kappa shape index (κ3) is 4.33. The second-order valence-corrected chi connectivity index (χ2v) is 6.47. The monoisotopic (exact) mass is 345 g/mol. The van der Waals surface area contributed by atoms with Gasteiger partial charge in [-0.25, -0.2) is 0 Å². The van der Waals surface area contributed by atoms with Crippen LogP contribution in [0.2, 0.25) is 0 Å². The van der Waals surface area contributed by atoms with Crippen molar-refractivity contribution in [1.82, 2.24) is 14.9 Å². The van der Waals surface area contributed by atoms with E-state index in [9.17, 15) is 4.79 Å². The summed E-state index contributed by atoms with van der Waals surface area (Å²) in [4.78, 5) is 22.9. The standard InChI is InChI=1S/C22H23N3O/c1-17-8-6-7-11-20(17)21(18-9-4-3-5-10-18)14-22(26)25(2)16-19-15-23-12-13-24-19/h3-13,15,21H,14,16H2,1-2H3. The van der Waals surface area contributed by atoms with Crippen molar-refractivity contribution in [3.63, 3.8) is 0 Å². The average molecular weight is 345 g/mol. The van der Waals surface area contributed by atoms with E-state index in [0.29, 0.717) is 13.0 Å². The molecule has 3 rings (SSSR count). The second kappa shape index (κ2) is 8.39. The van der Waals surface area contributed by atoms with E-state index < -0.39 is 0 Å². The number of hydrogen-bond donors (Lipinski definition) is 0. The summed E-state index contributed by atoms with van der Waals surface area (Å²) in [5.74, 6) is 0.127. The average Bonchev–Trinajstić information content (AvgIpc) is 2.68. The molecule has 1 amide bonds. The molecule has 0 fully saturated rings. The normalized spacial score (nSPS) is 11.8. The molecule has 132 valence electrons. The smallest absolute Gasteiger partial charge is 0.223 e. The van der Waals surface area contributed by atoms with Gasteiger partial charge in [-0.2, -0.15) is 0 Å². The summed E-state index contributed by atoms with van der Waals surface area (Å²) in [6.07, 6.45) is 5.40. The lowest BCUT2D eigenvalue weighted by molar-refractivity contribution is -0.130. The van der Waals surface area contributed by atoms with Crippen molar-refractivity contribution >= 4 is 5.91 Å². The topological polar surface area (TPSA) is 46.1 Å². The highest BCUT2D eigenvalue weighted by molar-refractivity contribution is 5.77. The molecule has 4 heteroatoms. The van der Waals surface area contributed by atoms with Gasteiger partial charge in [-0.15, -0.1) is 0 Å². The minimum Gasteiger partial charge on any atom is -0.340 e. The SMILES string of the molecule is Cc1ccccc1C(CC(=O)N(C)Cc1cnccn1)c1ccccc1. The maximum Gasteiger partial charge on any atom is 0.223 e. The molecule has 1 aromatic heterocycles. The molecule has 0 saturated carbocycles. The fourth-order valence-electron chi connectivity index (χ4n) is 3.14. The Balaban J connectivity index is 1.82. The number of hydrogen-bond acceptors (Lipinski definition) is 3. The molecule has 0 aliphatic carbocycles. The van der Waals surface area contributed by atoms with Crippen molar-refractivity contribution in [3.05, 3.63) is 95.6 Å². The van der Waals surface area contributed by atoms with Gasteiger partial charge >= 0.3 is 0 Å². The van der Waals surface area contributed by atoms with Crippen LogP contribution >= 0.6 is 0 Å². The first-order valence-electron chi connectivity index (χ1n) is 8.74. The van der Waals surface area contributed by atoms with Crippen LogP contribution in [-0.4, -0.2) is 27.8 Å². The number of rotatable bonds is 6. The van der Waals surface area contributed by atoms with E-state index in [0.717, 1.165) is 11.3 Å². The molecule has 0 spiro atoms. The molecule has 0 bridgehead atoms. The van der Waals surface area contributed by atoms with Gasteiger partial charge in [0.05, 0.1) is 18.4 Å². The Kier molecular flexibility index (Phi) is 5.74. The summed E-state index contributed by atoms with van der Waals surface area (Å²) in [7, 11) is 1.82. The molecule has 3 aromatic rings. The summed E-state index contributed by atoms with van der Waals surface area (Å²) >= 11 is 0. The quantitative estimate of drug-likeness (QED) is 0.679. The highest BCUT2D eigenvalue weighted by Gasteiger charge is 2.22. The third-order valence-electron chi connectivity index (χ3n) is 4.59. The number of carbonyl (C=O) groups is 1. The lowest BCUT2D eigenvalue weighted by atomic mass is 9.85. The Hall–Kier alpha value is -3.01. The maximum atomic E-state index is 12.9. The van der Waals surface area contributed by atoms with Crippen LogP contribution in [0.4, 0.5) is 0 Å². The van der Waals surface area contributed by atoms with E-state index in [-0.39, 0.29) is 11.8 Å². The summed E-state index contributed by atoms with van der Waals surface area (Å²) in [6, 6.07) is 18.5. The number of benzene rings is 2. The summed E-state index contributed by atoms with van der Waals surface area (Å²) in [5.41, 5.74) is 4.34. The second-order valence-electron chi connectivity index (χ2n) is 6.47. The Bertz CT molecular complexity index is 850. The predicted octanol–water partition coefficient (Wildman–Crippen LogP) is 3.97. The van der Waals surface area contributed by atoms with Gasteiger partial charge in [-0.1, -0.05) is 54.6 Å². The number of aromatic nitrogens is 2. The first kappa shape index (κ1) is 17.8. The molecule has 4 nitrogen and oxygen atoms in total. The Morgan fingerprint density at radius 3 is 2.46 bits per heavy atom. The van der Waals surface area contributed by atoms with E-state index in [4.69, 9.17) is 0 Å². The summed E-state index contributed by atoms with van der Waals surface area (Å²) < 4.78 is 0. The maximum absolute atomic E-state index is 12.9. The highest BCUT2D eigenvalue weighted by Crippen LogP contribution is 2.30. The molecule has 0 radical (unpaired) electrons. The zero-order chi connectivity index (χ0) is 18.4. The van der Waals surface area contributed by atoms with Gasteiger partial charge in [0, 0.05) is 31.8 Å². The molecule has 1 unspecified atom stereocenters. The Morgan fingerprint density at radius 1 is 1.04 bits per heavy atom. The zero-order valence-corrected chi connectivity index (χ0v) is 15.2. The Morgan fingerprint density at radius 2 is 1.77 bits per heavy atom. The third-order valence-corrected chi connectivity index (χ3v) is 4.59. The number of nitrogens with zero attached hydrogens (tertiary/aromatic N) is 3. The van der Waals surface area contributed by atoms with E-state index in [2.05, 4.69) is 41.2 Å². The van der Waals surface area contributed by atoms with E-state index in [1.807, 2.05) is 37.4 Å². The highest BCUT2D eigenvalue weighted by atomic mass is 16.2.